The molecule has 0 aromatic carbocycles. The van der Waals surface area contributed by atoms with Gasteiger partial charge in [0, 0.05) is 26.4 Å². The van der Waals surface area contributed by atoms with Crippen molar-refractivity contribution in [1.29, 1.82) is 0 Å². The molecule has 0 aliphatic heterocycles. The molecule has 0 amide bonds. The lowest BCUT2D eigenvalue weighted by atomic mass is 10.5. The Morgan fingerprint density at radius 2 is 0.917 bits per heavy atom. The van der Waals surface area contributed by atoms with Gasteiger partial charge in [-0.05, 0) is 53.6 Å². The summed E-state index contributed by atoms with van der Waals surface area (Å²) in [6.07, 6.45) is 2.23. The lowest BCUT2D eigenvalue weighted by molar-refractivity contribution is -0.0830. The van der Waals surface area contributed by atoms with Gasteiger partial charge in [-0.25, -0.2) is 0 Å². The number of hydrogen-bond donors (Lipinski definition) is 2. The van der Waals surface area contributed by atoms with Crippen molar-refractivity contribution in [1.82, 2.24) is 0 Å². The van der Waals surface area contributed by atoms with Gasteiger partial charge in [-0.1, -0.05) is 12.1 Å². The number of ether oxygens (including phenoxy) is 4. The van der Waals surface area contributed by atoms with Crippen LogP contribution in [-0.2, 0) is 18.9 Å². The molecule has 148 valence electrons. The summed E-state index contributed by atoms with van der Waals surface area (Å²) in [5.41, 5.74) is 10.8. The Hall–Kier alpha value is 0.194. The highest BCUT2D eigenvalue weighted by atomic mass is 28.2. The lowest BCUT2D eigenvalue weighted by Gasteiger charge is -2.15. The molecular formula is C16H42N2O4Si2. The Bertz CT molecular complexity index is 196. The van der Waals surface area contributed by atoms with Crippen LogP contribution in [0.3, 0.4) is 0 Å². The summed E-state index contributed by atoms with van der Waals surface area (Å²) >= 11 is 0. The van der Waals surface area contributed by atoms with Gasteiger partial charge in [0.1, 0.15) is 11.8 Å². The van der Waals surface area contributed by atoms with Gasteiger partial charge in [0.25, 0.3) is 0 Å². The molecule has 0 radical (unpaired) electrons. The summed E-state index contributed by atoms with van der Waals surface area (Å²) < 4.78 is 21.7. The molecule has 0 fully saturated rings. The zero-order chi connectivity index (χ0) is 18.5. The van der Waals surface area contributed by atoms with Gasteiger partial charge in [-0.2, -0.15) is 0 Å². The molecule has 0 aliphatic carbocycles. The molecule has 0 spiro atoms. The van der Waals surface area contributed by atoms with Crippen molar-refractivity contribution in [3.05, 3.63) is 0 Å². The molecule has 0 unspecified atom stereocenters. The zero-order valence-corrected chi connectivity index (χ0v) is 19.3. The van der Waals surface area contributed by atoms with Gasteiger partial charge in [-0.15, -0.1) is 0 Å². The van der Waals surface area contributed by atoms with E-state index in [0.717, 1.165) is 52.4 Å². The van der Waals surface area contributed by atoms with E-state index in [4.69, 9.17) is 30.4 Å². The van der Waals surface area contributed by atoms with E-state index in [0.29, 0.717) is 0 Å². The van der Waals surface area contributed by atoms with Gasteiger partial charge in [0.05, 0.1) is 19.0 Å². The largest absolute Gasteiger partial charge is 0.357 e. The van der Waals surface area contributed by atoms with Gasteiger partial charge in [-0.3, -0.25) is 0 Å². The minimum Gasteiger partial charge on any atom is -0.357 e. The standard InChI is InChI=1S/2C8H21NO2Si/c2*1-3-10-8(11-4-2)12-7-5-6-9/h2*8H,3-7,9,12H2,1-2H3. The summed E-state index contributed by atoms with van der Waals surface area (Å²) in [7, 11) is -0.464. The highest BCUT2D eigenvalue weighted by Gasteiger charge is 2.07. The minimum atomic E-state index is -0.232. The Labute approximate surface area is 154 Å². The molecule has 0 bridgehead atoms. The molecular weight excluding hydrogens is 340 g/mol. The maximum absolute atomic E-state index is 5.43. The van der Waals surface area contributed by atoms with Crippen molar-refractivity contribution in [2.45, 2.75) is 64.5 Å². The van der Waals surface area contributed by atoms with Crippen LogP contribution in [0.4, 0.5) is 0 Å². The third-order valence-electron chi connectivity index (χ3n) is 3.20. The van der Waals surface area contributed by atoms with Gasteiger partial charge in [0.15, 0.2) is 0 Å². The highest BCUT2D eigenvalue weighted by molar-refractivity contribution is 6.36. The van der Waals surface area contributed by atoms with Crippen LogP contribution in [0.1, 0.15) is 40.5 Å². The zero-order valence-electron chi connectivity index (χ0n) is 16.4. The first-order valence-electron chi connectivity index (χ1n) is 9.56. The van der Waals surface area contributed by atoms with Crippen LogP contribution in [-0.4, -0.2) is 70.4 Å². The third kappa shape index (κ3) is 20.2. The van der Waals surface area contributed by atoms with Crippen molar-refractivity contribution < 1.29 is 18.9 Å². The maximum Gasteiger partial charge on any atom is 0.134 e. The van der Waals surface area contributed by atoms with Crippen molar-refractivity contribution >= 4 is 19.0 Å². The average molecular weight is 383 g/mol. The molecule has 0 rings (SSSR count). The van der Waals surface area contributed by atoms with E-state index in [9.17, 15) is 0 Å². The van der Waals surface area contributed by atoms with E-state index in [2.05, 4.69) is 0 Å². The fraction of sp³-hybridized carbons (Fsp3) is 1.00. The Balaban J connectivity index is 0. The smallest absolute Gasteiger partial charge is 0.134 e. The van der Waals surface area contributed by atoms with Crippen LogP contribution in [0.15, 0.2) is 0 Å². The SMILES string of the molecule is CCOC(OCC)[SiH2]CCCN.CCOC(OCC)[SiH2]CCCN. The average Bonchev–Trinajstić information content (AvgIpc) is 2.57. The summed E-state index contributed by atoms with van der Waals surface area (Å²) in [4.78, 5) is 0. The maximum atomic E-state index is 5.43. The fourth-order valence-electron chi connectivity index (χ4n) is 2.08. The van der Waals surface area contributed by atoms with E-state index < -0.39 is 0 Å². The molecule has 0 aromatic heterocycles. The van der Waals surface area contributed by atoms with Crippen molar-refractivity contribution in [3.63, 3.8) is 0 Å². The molecule has 24 heavy (non-hydrogen) atoms. The second kappa shape index (κ2) is 23.2. The summed E-state index contributed by atoms with van der Waals surface area (Å²) in [5, 5.41) is 0. The molecule has 0 saturated carbocycles. The molecule has 8 heteroatoms. The van der Waals surface area contributed by atoms with Crippen LogP contribution in [0, 0.1) is 0 Å². The molecule has 0 heterocycles. The van der Waals surface area contributed by atoms with E-state index in [1.165, 1.54) is 12.1 Å². The second-order valence-corrected chi connectivity index (χ2v) is 9.15. The monoisotopic (exact) mass is 382 g/mol. The normalized spacial score (nSPS) is 12.0. The highest BCUT2D eigenvalue weighted by Crippen LogP contribution is 1.98. The van der Waals surface area contributed by atoms with Crippen LogP contribution < -0.4 is 11.5 Å². The van der Waals surface area contributed by atoms with E-state index in [-0.39, 0.29) is 30.9 Å². The van der Waals surface area contributed by atoms with E-state index in [1.807, 2.05) is 27.7 Å². The third-order valence-corrected chi connectivity index (χ3v) is 6.90. The quantitative estimate of drug-likeness (QED) is 0.230. The minimum absolute atomic E-state index is 0.117. The number of nitrogens with two attached hydrogens (primary N) is 2. The Kier molecular flexibility index (Phi) is 25.5. The van der Waals surface area contributed by atoms with Crippen LogP contribution in [0.5, 0.6) is 0 Å². The van der Waals surface area contributed by atoms with Crippen LogP contribution in [0.2, 0.25) is 12.1 Å². The van der Waals surface area contributed by atoms with E-state index in [1.54, 1.807) is 0 Å². The predicted octanol–water partition coefficient (Wildman–Crippen LogP) is 0.558. The van der Waals surface area contributed by atoms with Gasteiger partial charge in [0.2, 0.25) is 0 Å². The molecule has 0 aromatic rings. The first-order valence-corrected chi connectivity index (χ1v) is 13.2. The molecule has 6 nitrogen and oxygen atoms in total. The van der Waals surface area contributed by atoms with Crippen molar-refractivity contribution in [2.75, 3.05) is 39.5 Å². The summed E-state index contributed by atoms with van der Waals surface area (Å²) in [5.74, 6) is 0.234. The summed E-state index contributed by atoms with van der Waals surface area (Å²) in [6.45, 7) is 12.6. The Morgan fingerprint density at radius 1 is 0.625 bits per heavy atom. The molecule has 4 N–H and O–H groups in total. The van der Waals surface area contributed by atoms with Gasteiger partial charge < -0.3 is 30.4 Å². The van der Waals surface area contributed by atoms with Crippen molar-refractivity contribution in [3.8, 4) is 0 Å². The first kappa shape index (κ1) is 26.4. The van der Waals surface area contributed by atoms with Gasteiger partial charge >= 0.3 is 0 Å². The Morgan fingerprint density at radius 3 is 1.12 bits per heavy atom. The van der Waals surface area contributed by atoms with Crippen LogP contribution >= 0.6 is 0 Å². The fourth-order valence-corrected chi connectivity index (χ4v) is 5.51. The summed E-state index contributed by atoms with van der Waals surface area (Å²) in [6, 6.07) is 2.45. The topological polar surface area (TPSA) is 89.0 Å². The molecule has 0 atom stereocenters. The van der Waals surface area contributed by atoms with E-state index >= 15 is 0 Å². The second-order valence-electron chi connectivity index (χ2n) is 5.25. The number of hydrogen-bond acceptors (Lipinski definition) is 6. The van der Waals surface area contributed by atoms with Crippen molar-refractivity contribution in [2.24, 2.45) is 11.5 Å². The molecule has 0 aliphatic rings. The predicted molar refractivity (Wildman–Crippen MR) is 108 cm³/mol. The molecule has 0 saturated heterocycles. The first-order chi connectivity index (χ1) is 11.7. The lowest BCUT2D eigenvalue weighted by Crippen LogP contribution is -2.24. The number of rotatable bonds is 16. The van der Waals surface area contributed by atoms with Crippen LogP contribution in [0.25, 0.3) is 0 Å².